The van der Waals surface area contributed by atoms with Crippen LogP contribution in [-0.4, -0.2) is 18.6 Å². The third-order valence-electron chi connectivity index (χ3n) is 4.94. The Balaban J connectivity index is 1.88. The Kier molecular flexibility index (Phi) is 4.00. The molecule has 0 aromatic carbocycles. The van der Waals surface area contributed by atoms with Crippen LogP contribution in [0.1, 0.15) is 65.2 Å². The molecule has 2 saturated carbocycles. The van der Waals surface area contributed by atoms with Crippen LogP contribution < -0.4 is 5.73 Å². The van der Waals surface area contributed by atoms with Crippen molar-refractivity contribution in [2.24, 2.45) is 16.6 Å². The van der Waals surface area contributed by atoms with Crippen LogP contribution in [-0.2, 0) is 9.53 Å². The van der Waals surface area contributed by atoms with Crippen LogP contribution in [0.4, 0.5) is 0 Å². The Morgan fingerprint density at radius 1 is 1.17 bits per heavy atom. The van der Waals surface area contributed by atoms with Crippen molar-refractivity contribution in [2.45, 2.75) is 71.3 Å². The van der Waals surface area contributed by atoms with Crippen LogP contribution in [0, 0.1) is 10.8 Å². The summed E-state index contributed by atoms with van der Waals surface area (Å²) in [4.78, 5) is 12.3. The summed E-state index contributed by atoms with van der Waals surface area (Å²) in [7, 11) is 0. The maximum absolute atomic E-state index is 12.3. The van der Waals surface area contributed by atoms with Gasteiger partial charge < -0.3 is 10.5 Å². The normalized spacial score (nSPS) is 27.1. The van der Waals surface area contributed by atoms with Gasteiger partial charge in [0, 0.05) is 6.54 Å². The van der Waals surface area contributed by atoms with E-state index in [1.165, 1.54) is 0 Å². The Labute approximate surface area is 110 Å². The van der Waals surface area contributed by atoms with E-state index < -0.39 is 0 Å². The van der Waals surface area contributed by atoms with E-state index in [1.54, 1.807) is 0 Å². The zero-order chi connectivity index (χ0) is 13.2. The Morgan fingerprint density at radius 2 is 1.72 bits per heavy atom. The van der Waals surface area contributed by atoms with Gasteiger partial charge in [0.05, 0.1) is 5.41 Å². The van der Waals surface area contributed by atoms with Crippen molar-refractivity contribution in [3.63, 3.8) is 0 Å². The van der Waals surface area contributed by atoms with Gasteiger partial charge in [0.1, 0.15) is 6.10 Å². The summed E-state index contributed by atoms with van der Waals surface area (Å²) in [6.45, 7) is 5.04. The second-order valence-corrected chi connectivity index (χ2v) is 6.96. The smallest absolute Gasteiger partial charge is 0.313 e. The summed E-state index contributed by atoms with van der Waals surface area (Å²) >= 11 is 0. The van der Waals surface area contributed by atoms with E-state index in [9.17, 15) is 4.79 Å². The molecular formula is C15H27NO2. The summed E-state index contributed by atoms with van der Waals surface area (Å²) in [5.74, 6) is -0.0211. The maximum Gasteiger partial charge on any atom is 0.313 e. The van der Waals surface area contributed by atoms with E-state index in [0.717, 1.165) is 51.4 Å². The number of hydrogen-bond donors (Lipinski definition) is 1. The minimum atomic E-state index is -0.354. The molecule has 0 amide bonds. The molecule has 0 bridgehead atoms. The van der Waals surface area contributed by atoms with Crippen molar-refractivity contribution < 1.29 is 9.53 Å². The topological polar surface area (TPSA) is 52.3 Å². The molecule has 2 aliphatic rings. The molecule has 104 valence electrons. The molecule has 0 saturated heterocycles. The molecule has 3 nitrogen and oxygen atoms in total. The van der Waals surface area contributed by atoms with Gasteiger partial charge >= 0.3 is 5.97 Å². The van der Waals surface area contributed by atoms with Crippen LogP contribution >= 0.6 is 0 Å². The number of nitrogens with two attached hydrogens (primary N) is 1. The predicted molar refractivity (Wildman–Crippen MR) is 72.1 cm³/mol. The number of carbonyl (C=O) groups excluding carboxylic acids is 1. The first-order chi connectivity index (χ1) is 8.47. The first kappa shape index (κ1) is 13.9. The Bertz CT molecular complexity index is 296. The minimum absolute atomic E-state index is 0.0211. The molecule has 0 heterocycles. The van der Waals surface area contributed by atoms with E-state index >= 15 is 0 Å². The van der Waals surface area contributed by atoms with Crippen molar-refractivity contribution in [3.05, 3.63) is 0 Å². The lowest BCUT2D eigenvalue weighted by Crippen LogP contribution is -2.40. The SMILES string of the molecule is CC1(C)CCC(OC(=O)C2(CN)CCCC2)CC1. The molecule has 0 unspecified atom stereocenters. The largest absolute Gasteiger partial charge is 0.462 e. The number of esters is 1. The number of hydrogen-bond acceptors (Lipinski definition) is 3. The number of rotatable bonds is 3. The van der Waals surface area contributed by atoms with Crippen molar-refractivity contribution >= 4 is 5.97 Å². The molecule has 2 aliphatic carbocycles. The summed E-state index contributed by atoms with van der Waals surface area (Å²) in [5.41, 5.74) is 5.88. The zero-order valence-corrected chi connectivity index (χ0v) is 11.8. The van der Waals surface area contributed by atoms with E-state index in [-0.39, 0.29) is 17.5 Å². The fraction of sp³-hybridized carbons (Fsp3) is 0.933. The second-order valence-electron chi connectivity index (χ2n) is 6.96. The van der Waals surface area contributed by atoms with Gasteiger partial charge in [0.25, 0.3) is 0 Å². The molecule has 0 aromatic rings. The summed E-state index contributed by atoms with van der Waals surface area (Å²) < 4.78 is 5.74. The highest BCUT2D eigenvalue weighted by molar-refractivity contribution is 5.77. The maximum atomic E-state index is 12.3. The Hall–Kier alpha value is -0.570. The fourth-order valence-electron chi connectivity index (χ4n) is 3.31. The van der Waals surface area contributed by atoms with Crippen LogP contribution in [0.25, 0.3) is 0 Å². The fourth-order valence-corrected chi connectivity index (χ4v) is 3.31. The Morgan fingerprint density at radius 3 is 2.22 bits per heavy atom. The molecule has 0 aromatic heterocycles. The highest BCUT2D eigenvalue weighted by Gasteiger charge is 2.42. The van der Waals surface area contributed by atoms with Crippen LogP contribution in [0.2, 0.25) is 0 Å². The van der Waals surface area contributed by atoms with Crippen LogP contribution in [0.5, 0.6) is 0 Å². The molecule has 0 atom stereocenters. The summed E-state index contributed by atoms with van der Waals surface area (Å²) in [6, 6.07) is 0. The van der Waals surface area contributed by atoms with Gasteiger partial charge in [-0.05, 0) is 43.9 Å². The molecule has 3 heteroatoms. The predicted octanol–water partition coefficient (Wildman–Crippen LogP) is 3.02. The van der Waals surface area contributed by atoms with Gasteiger partial charge in [-0.3, -0.25) is 4.79 Å². The first-order valence-corrected chi connectivity index (χ1v) is 7.39. The lowest BCUT2D eigenvalue weighted by molar-refractivity contribution is -0.163. The zero-order valence-electron chi connectivity index (χ0n) is 11.8. The van der Waals surface area contributed by atoms with E-state index in [2.05, 4.69) is 13.8 Å². The highest BCUT2D eigenvalue weighted by Crippen LogP contribution is 2.41. The average molecular weight is 253 g/mol. The summed E-state index contributed by atoms with van der Waals surface area (Å²) in [5, 5.41) is 0. The number of carbonyl (C=O) groups is 1. The van der Waals surface area contributed by atoms with Gasteiger partial charge in [0.2, 0.25) is 0 Å². The second kappa shape index (κ2) is 5.20. The third kappa shape index (κ3) is 2.87. The lowest BCUT2D eigenvalue weighted by atomic mass is 9.76. The van der Waals surface area contributed by atoms with E-state index in [0.29, 0.717) is 12.0 Å². The van der Waals surface area contributed by atoms with E-state index in [1.807, 2.05) is 0 Å². The molecule has 18 heavy (non-hydrogen) atoms. The highest BCUT2D eigenvalue weighted by atomic mass is 16.5. The van der Waals surface area contributed by atoms with Crippen molar-refractivity contribution in [2.75, 3.05) is 6.54 Å². The quantitative estimate of drug-likeness (QED) is 0.787. The summed E-state index contributed by atoms with van der Waals surface area (Å²) in [6.07, 6.45) is 8.53. The molecule has 2 rings (SSSR count). The molecule has 0 radical (unpaired) electrons. The molecule has 2 N–H and O–H groups in total. The first-order valence-electron chi connectivity index (χ1n) is 7.39. The third-order valence-corrected chi connectivity index (χ3v) is 4.94. The van der Waals surface area contributed by atoms with Gasteiger partial charge in [-0.15, -0.1) is 0 Å². The lowest BCUT2D eigenvalue weighted by Gasteiger charge is -2.35. The molecular weight excluding hydrogens is 226 g/mol. The van der Waals surface area contributed by atoms with E-state index in [4.69, 9.17) is 10.5 Å². The van der Waals surface area contributed by atoms with Crippen molar-refractivity contribution in [1.29, 1.82) is 0 Å². The number of ether oxygens (including phenoxy) is 1. The van der Waals surface area contributed by atoms with Gasteiger partial charge in [-0.25, -0.2) is 0 Å². The molecule has 0 aliphatic heterocycles. The molecule has 0 spiro atoms. The molecule has 2 fully saturated rings. The van der Waals surface area contributed by atoms with Gasteiger partial charge in [-0.1, -0.05) is 26.7 Å². The monoisotopic (exact) mass is 253 g/mol. The van der Waals surface area contributed by atoms with Crippen LogP contribution in [0.15, 0.2) is 0 Å². The van der Waals surface area contributed by atoms with Crippen LogP contribution in [0.3, 0.4) is 0 Å². The standard InChI is InChI=1S/C15H27NO2/c1-14(2)9-5-12(6-10-14)18-13(17)15(11-16)7-3-4-8-15/h12H,3-11,16H2,1-2H3. The van der Waals surface area contributed by atoms with Crippen molar-refractivity contribution in [1.82, 2.24) is 0 Å². The van der Waals surface area contributed by atoms with Gasteiger partial charge in [-0.2, -0.15) is 0 Å². The van der Waals surface area contributed by atoms with Crippen molar-refractivity contribution in [3.8, 4) is 0 Å². The van der Waals surface area contributed by atoms with Gasteiger partial charge in [0.15, 0.2) is 0 Å². The average Bonchev–Trinajstić information content (AvgIpc) is 2.82. The minimum Gasteiger partial charge on any atom is -0.462 e.